The summed E-state index contributed by atoms with van der Waals surface area (Å²) in [5.41, 5.74) is -1.98. The summed E-state index contributed by atoms with van der Waals surface area (Å²) in [5.74, 6) is -1.25. The van der Waals surface area contributed by atoms with Crippen LogP contribution >= 0.6 is 0 Å². The molecule has 1 saturated carbocycles. The van der Waals surface area contributed by atoms with Crippen LogP contribution in [0.1, 0.15) is 34.5 Å². The van der Waals surface area contributed by atoms with Gasteiger partial charge >= 0.3 is 12.1 Å². The zero-order valence-electron chi connectivity index (χ0n) is 17.0. The number of amidine groups is 1. The topological polar surface area (TPSA) is 86.1 Å². The second kappa shape index (κ2) is 8.25. The Morgan fingerprint density at radius 1 is 0.969 bits per heavy atom. The first-order valence-electron chi connectivity index (χ1n) is 10.2. The van der Waals surface area contributed by atoms with E-state index in [2.05, 4.69) is 9.98 Å². The fourth-order valence-electron chi connectivity index (χ4n) is 3.69. The molecular formula is C22H21F3N4O3. The third kappa shape index (κ3) is 4.30. The molecule has 1 aromatic heterocycles. The van der Waals surface area contributed by atoms with Crippen molar-refractivity contribution in [1.82, 2.24) is 14.8 Å². The van der Waals surface area contributed by atoms with Crippen LogP contribution in [0.25, 0.3) is 0 Å². The van der Waals surface area contributed by atoms with Gasteiger partial charge in [0.2, 0.25) is 0 Å². The average Bonchev–Trinajstić information content (AvgIpc) is 3.58. The second-order valence-electron chi connectivity index (χ2n) is 7.81. The number of hydrogen-bond acceptors (Lipinski definition) is 4. The van der Waals surface area contributed by atoms with Crippen LogP contribution in [-0.4, -0.2) is 69.3 Å². The monoisotopic (exact) mass is 446 g/mol. The molecule has 0 spiro atoms. The lowest BCUT2D eigenvalue weighted by atomic mass is 10.1. The lowest BCUT2D eigenvalue weighted by Gasteiger charge is -2.37. The van der Waals surface area contributed by atoms with Gasteiger partial charge < -0.3 is 14.9 Å². The van der Waals surface area contributed by atoms with Crippen LogP contribution in [0.2, 0.25) is 0 Å². The Morgan fingerprint density at radius 2 is 1.59 bits per heavy atom. The third-order valence-corrected chi connectivity index (χ3v) is 5.66. The minimum Gasteiger partial charge on any atom is -0.479 e. The molecule has 0 radical (unpaired) electrons. The van der Waals surface area contributed by atoms with Gasteiger partial charge in [-0.2, -0.15) is 13.2 Å². The smallest absolute Gasteiger partial charge is 0.417 e. The number of hydrogen-bond donors (Lipinski definition) is 1. The predicted octanol–water partition coefficient (Wildman–Crippen LogP) is 2.92. The maximum absolute atomic E-state index is 13.3. The first-order chi connectivity index (χ1) is 15.2. The maximum atomic E-state index is 13.3. The number of amides is 1. The molecule has 1 aromatic carbocycles. The molecule has 0 bridgehead atoms. The Hall–Kier alpha value is -3.43. The number of rotatable bonds is 4. The number of carboxylic acids is 1. The number of nitrogens with zero attached hydrogens (tertiary/aromatic N) is 4. The lowest BCUT2D eigenvalue weighted by Crippen LogP contribution is -2.51. The largest absolute Gasteiger partial charge is 0.479 e. The Morgan fingerprint density at radius 3 is 2.16 bits per heavy atom. The molecule has 2 aliphatic rings. The number of piperazine rings is 1. The quantitative estimate of drug-likeness (QED) is 0.577. The van der Waals surface area contributed by atoms with Gasteiger partial charge in [-0.05, 0) is 37.1 Å². The van der Waals surface area contributed by atoms with Crippen LogP contribution in [0.5, 0.6) is 0 Å². The molecule has 1 aliphatic carbocycles. The van der Waals surface area contributed by atoms with Gasteiger partial charge in [-0.3, -0.25) is 9.78 Å². The van der Waals surface area contributed by atoms with Crippen LogP contribution < -0.4 is 0 Å². The normalized spacial score (nSPS) is 18.4. The van der Waals surface area contributed by atoms with Crippen LogP contribution in [0, 0.1) is 0 Å². The first-order valence-corrected chi connectivity index (χ1v) is 10.2. The SMILES string of the molecule is O=C(c1ccccc1C(F)(F)F)N1CCN(C(=NC2(C(=O)O)CC2)c2ccccn2)CC1. The summed E-state index contributed by atoms with van der Waals surface area (Å²) in [6.45, 7) is 0.948. The summed E-state index contributed by atoms with van der Waals surface area (Å²) >= 11 is 0. The van der Waals surface area contributed by atoms with Crippen LogP contribution in [0.15, 0.2) is 53.7 Å². The number of carboxylic acid groups (broad SMARTS) is 1. The molecule has 1 aliphatic heterocycles. The van der Waals surface area contributed by atoms with Crippen molar-refractivity contribution in [3.05, 3.63) is 65.5 Å². The van der Waals surface area contributed by atoms with E-state index in [1.54, 1.807) is 24.4 Å². The molecule has 10 heteroatoms. The van der Waals surface area contributed by atoms with Gasteiger partial charge in [0.15, 0.2) is 11.4 Å². The van der Waals surface area contributed by atoms with Crippen LogP contribution in [-0.2, 0) is 11.0 Å². The van der Waals surface area contributed by atoms with E-state index in [1.165, 1.54) is 23.1 Å². The number of halogens is 3. The van der Waals surface area contributed by atoms with Crippen molar-refractivity contribution in [3.63, 3.8) is 0 Å². The third-order valence-electron chi connectivity index (χ3n) is 5.66. The summed E-state index contributed by atoms with van der Waals surface area (Å²) in [6.07, 6.45) is -2.17. The summed E-state index contributed by atoms with van der Waals surface area (Å²) in [4.78, 5) is 36.5. The van der Waals surface area contributed by atoms with Crippen molar-refractivity contribution in [2.75, 3.05) is 26.2 Å². The molecule has 7 nitrogen and oxygen atoms in total. The number of benzene rings is 1. The molecule has 1 amide bonds. The van der Waals surface area contributed by atoms with E-state index < -0.39 is 29.2 Å². The summed E-state index contributed by atoms with van der Waals surface area (Å²) in [7, 11) is 0. The van der Waals surface area contributed by atoms with E-state index in [-0.39, 0.29) is 18.7 Å². The highest BCUT2D eigenvalue weighted by molar-refractivity contribution is 6.00. The Kier molecular flexibility index (Phi) is 5.62. The molecule has 4 rings (SSSR count). The molecule has 168 valence electrons. The van der Waals surface area contributed by atoms with Crippen molar-refractivity contribution >= 4 is 17.7 Å². The molecule has 2 aromatic rings. The average molecular weight is 446 g/mol. The predicted molar refractivity (Wildman–Crippen MR) is 109 cm³/mol. The van der Waals surface area contributed by atoms with Gasteiger partial charge in [0, 0.05) is 32.4 Å². The van der Waals surface area contributed by atoms with Crippen molar-refractivity contribution in [2.45, 2.75) is 24.6 Å². The fourth-order valence-corrected chi connectivity index (χ4v) is 3.69. The minimum absolute atomic E-state index is 0.178. The lowest BCUT2D eigenvalue weighted by molar-refractivity contribution is -0.139. The van der Waals surface area contributed by atoms with Gasteiger partial charge in [0.25, 0.3) is 5.91 Å². The van der Waals surface area contributed by atoms with Gasteiger partial charge in [-0.1, -0.05) is 18.2 Å². The second-order valence-corrected chi connectivity index (χ2v) is 7.81. The number of pyridine rings is 1. The number of carbonyl (C=O) groups is 2. The number of aliphatic imine (C=N–C) groups is 1. The van der Waals surface area contributed by atoms with E-state index in [0.29, 0.717) is 37.5 Å². The number of aliphatic carboxylic acids is 1. The molecule has 0 unspecified atom stereocenters. The van der Waals surface area contributed by atoms with E-state index in [9.17, 15) is 27.9 Å². The van der Waals surface area contributed by atoms with E-state index in [1.807, 2.05) is 4.90 Å². The van der Waals surface area contributed by atoms with Crippen LogP contribution in [0.4, 0.5) is 13.2 Å². The molecule has 2 heterocycles. The van der Waals surface area contributed by atoms with Crippen molar-refractivity contribution in [2.24, 2.45) is 4.99 Å². The first kappa shape index (κ1) is 21.8. The molecule has 2 fully saturated rings. The Balaban J connectivity index is 1.54. The zero-order valence-corrected chi connectivity index (χ0v) is 17.0. The highest BCUT2D eigenvalue weighted by Gasteiger charge is 2.51. The van der Waals surface area contributed by atoms with Gasteiger partial charge in [0.05, 0.1) is 11.1 Å². The van der Waals surface area contributed by atoms with Gasteiger partial charge in [-0.25, -0.2) is 9.79 Å². The maximum Gasteiger partial charge on any atom is 0.417 e. The molecule has 1 N–H and O–H groups in total. The number of aromatic nitrogens is 1. The fraction of sp³-hybridized carbons (Fsp3) is 0.364. The van der Waals surface area contributed by atoms with E-state index >= 15 is 0 Å². The zero-order chi connectivity index (χ0) is 22.9. The van der Waals surface area contributed by atoms with Gasteiger partial charge in [0.1, 0.15) is 5.69 Å². The summed E-state index contributed by atoms with van der Waals surface area (Å²) < 4.78 is 39.9. The number of alkyl halides is 3. The van der Waals surface area contributed by atoms with Crippen LogP contribution in [0.3, 0.4) is 0 Å². The molecular weight excluding hydrogens is 425 g/mol. The highest BCUT2D eigenvalue weighted by atomic mass is 19.4. The highest BCUT2D eigenvalue weighted by Crippen LogP contribution is 2.40. The van der Waals surface area contributed by atoms with Crippen molar-refractivity contribution in [3.8, 4) is 0 Å². The standard InChI is InChI=1S/C22H21F3N4O3/c23-22(24,25)16-6-2-1-5-15(16)19(30)29-13-11-28(12-14-29)18(17-7-3-4-10-26-17)27-21(8-9-21)20(31)32/h1-7,10H,8-9,11-14H2,(H,31,32). The minimum atomic E-state index is -4.62. The Bertz CT molecular complexity index is 1040. The summed E-state index contributed by atoms with van der Waals surface area (Å²) in [5, 5.41) is 9.54. The van der Waals surface area contributed by atoms with Crippen molar-refractivity contribution in [1.29, 1.82) is 0 Å². The molecule has 1 saturated heterocycles. The molecule has 0 atom stereocenters. The van der Waals surface area contributed by atoms with E-state index in [4.69, 9.17) is 0 Å². The number of carbonyl (C=O) groups excluding carboxylic acids is 1. The Labute approximate surface area is 182 Å². The van der Waals surface area contributed by atoms with E-state index in [0.717, 1.165) is 6.07 Å². The summed E-state index contributed by atoms with van der Waals surface area (Å²) in [6, 6.07) is 9.98. The van der Waals surface area contributed by atoms with Crippen molar-refractivity contribution < 1.29 is 27.9 Å². The molecule has 32 heavy (non-hydrogen) atoms. The van der Waals surface area contributed by atoms with Gasteiger partial charge in [-0.15, -0.1) is 0 Å².